The molecule has 0 unspecified atom stereocenters. The third-order valence-electron chi connectivity index (χ3n) is 5.74. The van der Waals surface area contributed by atoms with Crippen molar-refractivity contribution in [3.63, 3.8) is 0 Å². The lowest BCUT2D eigenvalue weighted by molar-refractivity contribution is -0.137. The highest BCUT2D eigenvalue weighted by Gasteiger charge is 2.20. The van der Waals surface area contributed by atoms with Gasteiger partial charge in [0, 0.05) is 41.2 Å². The van der Waals surface area contributed by atoms with Crippen LogP contribution in [0.15, 0.2) is 67.5 Å². The molecule has 1 aromatic carbocycles. The van der Waals surface area contributed by atoms with Crippen molar-refractivity contribution in [1.82, 2.24) is 14.6 Å². The van der Waals surface area contributed by atoms with Crippen LogP contribution < -0.4 is 0 Å². The second kappa shape index (κ2) is 9.60. The highest BCUT2D eigenvalue weighted by Crippen LogP contribution is 2.36. The number of benzene rings is 1. The van der Waals surface area contributed by atoms with Crippen LogP contribution in [-0.2, 0) is 17.6 Å². The van der Waals surface area contributed by atoms with Gasteiger partial charge in [0.05, 0.1) is 11.2 Å². The topological polar surface area (TPSA) is 67.5 Å². The van der Waals surface area contributed by atoms with E-state index in [0.717, 1.165) is 64.0 Å². The van der Waals surface area contributed by atoms with Crippen LogP contribution in [0.3, 0.4) is 0 Å². The van der Waals surface area contributed by atoms with Crippen molar-refractivity contribution in [3.05, 3.63) is 84.3 Å². The maximum Gasteiger partial charge on any atom is 0.303 e. The number of carboxylic acid groups (broad SMARTS) is 1. The summed E-state index contributed by atoms with van der Waals surface area (Å²) in [5.74, 6) is -0.760. The number of nitrogens with zero attached hydrogens (tertiary/aromatic N) is 3. The number of aromatic nitrogens is 3. The van der Waals surface area contributed by atoms with Crippen molar-refractivity contribution in [3.8, 4) is 22.4 Å². The molecule has 5 heteroatoms. The van der Waals surface area contributed by atoms with E-state index in [4.69, 9.17) is 10.2 Å². The van der Waals surface area contributed by atoms with Gasteiger partial charge in [-0.1, -0.05) is 49.9 Å². The van der Waals surface area contributed by atoms with Gasteiger partial charge in [-0.2, -0.15) is 5.10 Å². The number of hydrogen-bond donors (Lipinski definition) is 1. The van der Waals surface area contributed by atoms with E-state index in [1.54, 1.807) is 12.3 Å². The summed E-state index contributed by atoms with van der Waals surface area (Å²) >= 11 is 0. The van der Waals surface area contributed by atoms with Crippen LogP contribution >= 0.6 is 0 Å². The summed E-state index contributed by atoms with van der Waals surface area (Å²) in [6.45, 7) is 6.03. The number of hydrogen-bond acceptors (Lipinski definition) is 3. The Hall–Kier alpha value is -3.73. The minimum absolute atomic E-state index is 0.171. The van der Waals surface area contributed by atoms with Gasteiger partial charge >= 0.3 is 5.97 Å². The molecule has 0 aliphatic heterocycles. The Labute approximate surface area is 188 Å². The molecule has 0 spiro atoms. The lowest BCUT2D eigenvalue weighted by atomic mass is 9.92. The van der Waals surface area contributed by atoms with Crippen LogP contribution in [0.25, 0.3) is 34.0 Å². The molecule has 4 rings (SSSR count). The number of unbranched alkanes of at least 4 members (excludes halogenated alkanes) is 1. The molecule has 0 fully saturated rings. The Morgan fingerprint density at radius 3 is 2.62 bits per heavy atom. The molecule has 1 N–H and O–H groups in total. The normalized spacial score (nSPS) is 11.0. The van der Waals surface area contributed by atoms with Crippen molar-refractivity contribution < 1.29 is 9.90 Å². The zero-order chi connectivity index (χ0) is 22.5. The van der Waals surface area contributed by atoms with E-state index < -0.39 is 5.97 Å². The Morgan fingerprint density at radius 1 is 1.09 bits per heavy atom. The smallest absolute Gasteiger partial charge is 0.303 e. The number of fused-ring (bicyclic) bond motifs is 1. The second-order valence-electron chi connectivity index (χ2n) is 7.86. The first-order valence-electron chi connectivity index (χ1n) is 11.0. The zero-order valence-electron chi connectivity index (χ0n) is 18.3. The van der Waals surface area contributed by atoms with Gasteiger partial charge in [-0.15, -0.1) is 0 Å². The monoisotopic (exact) mass is 425 g/mol. The van der Waals surface area contributed by atoms with Gasteiger partial charge in [0.15, 0.2) is 0 Å². The van der Waals surface area contributed by atoms with Crippen LogP contribution in [0.2, 0.25) is 0 Å². The third-order valence-corrected chi connectivity index (χ3v) is 5.74. The molecular formula is C27H27N3O2. The Bertz CT molecular complexity index is 1260. The standard InChI is InChI=1S/C27H27N3O2/c1-3-19-16-21(18-28-17-19)26-23(12-8-9-13-25(31)32)27(20-10-6-5-7-11-20)29-30-22(4-2)14-15-24(26)30/h3,5-7,10-11,14-18H,1,4,8-9,12-13H2,2H3,(H,31,32). The molecule has 4 aromatic rings. The first-order valence-corrected chi connectivity index (χ1v) is 11.0. The van der Waals surface area contributed by atoms with Crippen LogP contribution in [0.5, 0.6) is 0 Å². The number of rotatable bonds is 9. The van der Waals surface area contributed by atoms with Crippen LogP contribution in [-0.4, -0.2) is 25.7 Å². The fourth-order valence-electron chi connectivity index (χ4n) is 4.16. The van der Waals surface area contributed by atoms with E-state index >= 15 is 0 Å². The summed E-state index contributed by atoms with van der Waals surface area (Å²) < 4.78 is 2.04. The molecule has 0 saturated carbocycles. The molecule has 5 nitrogen and oxygen atoms in total. The first kappa shape index (κ1) is 21.5. The average Bonchev–Trinajstić information content (AvgIpc) is 3.24. The summed E-state index contributed by atoms with van der Waals surface area (Å²) in [6, 6.07) is 16.5. The minimum atomic E-state index is -0.760. The predicted molar refractivity (Wildman–Crippen MR) is 129 cm³/mol. The van der Waals surface area contributed by atoms with Gasteiger partial charge in [0.25, 0.3) is 0 Å². The van der Waals surface area contributed by atoms with E-state index in [0.29, 0.717) is 6.42 Å². The van der Waals surface area contributed by atoms with Gasteiger partial charge in [-0.3, -0.25) is 9.78 Å². The summed E-state index contributed by atoms with van der Waals surface area (Å²) in [5.41, 5.74) is 8.36. The Balaban J connectivity index is 1.98. The predicted octanol–water partition coefficient (Wildman–Crippen LogP) is 6.07. The van der Waals surface area contributed by atoms with Gasteiger partial charge in [-0.25, -0.2) is 4.52 Å². The van der Waals surface area contributed by atoms with Crippen molar-refractivity contribution in [2.45, 2.75) is 39.0 Å². The molecule has 0 atom stereocenters. The van der Waals surface area contributed by atoms with E-state index in [1.165, 1.54) is 0 Å². The number of carbonyl (C=O) groups is 1. The fraction of sp³-hybridized carbons (Fsp3) is 0.222. The number of carboxylic acids is 1. The Kier molecular flexibility index (Phi) is 6.45. The molecule has 0 amide bonds. The number of aryl methyl sites for hydroxylation is 1. The second-order valence-corrected chi connectivity index (χ2v) is 7.86. The molecule has 0 bridgehead atoms. The fourth-order valence-corrected chi connectivity index (χ4v) is 4.16. The average molecular weight is 426 g/mol. The maximum absolute atomic E-state index is 11.0. The molecule has 0 saturated heterocycles. The highest BCUT2D eigenvalue weighted by atomic mass is 16.4. The molecular weight excluding hydrogens is 398 g/mol. The molecule has 0 aliphatic rings. The SMILES string of the molecule is C=Cc1cncc(-c2c(CCCCC(=O)O)c(-c3ccccc3)nn3c(CC)ccc23)c1. The van der Waals surface area contributed by atoms with E-state index in [1.807, 2.05) is 28.9 Å². The Morgan fingerprint density at radius 2 is 1.91 bits per heavy atom. The minimum Gasteiger partial charge on any atom is -0.481 e. The summed E-state index contributed by atoms with van der Waals surface area (Å²) in [4.78, 5) is 15.5. The van der Waals surface area contributed by atoms with Crippen molar-refractivity contribution in [2.75, 3.05) is 0 Å². The van der Waals surface area contributed by atoms with E-state index in [9.17, 15) is 4.79 Å². The molecule has 3 aromatic heterocycles. The van der Waals surface area contributed by atoms with Crippen LogP contribution in [0.4, 0.5) is 0 Å². The van der Waals surface area contributed by atoms with Crippen molar-refractivity contribution in [1.29, 1.82) is 0 Å². The van der Waals surface area contributed by atoms with Gasteiger partial charge in [0.2, 0.25) is 0 Å². The summed E-state index contributed by atoms with van der Waals surface area (Å²) in [5, 5.41) is 14.2. The quantitative estimate of drug-likeness (QED) is 0.331. The molecule has 0 aliphatic carbocycles. The van der Waals surface area contributed by atoms with Crippen molar-refractivity contribution in [2.24, 2.45) is 0 Å². The lowest BCUT2D eigenvalue weighted by Crippen LogP contribution is -2.07. The first-order chi connectivity index (χ1) is 15.6. The highest BCUT2D eigenvalue weighted by molar-refractivity contribution is 5.88. The number of pyridine rings is 1. The largest absolute Gasteiger partial charge is 0.481 e. The summed E-state index contributed by atoms with van der Waals surface area (Å²) in [7, 11) is 0. The number of aliphatic carboxylic acids is 1. The zero-order valence-corrected chi connectivity index (χ0v) is 18.3. The van der Waals surface area contributed by atoms with Gasteiger partial charge in [0.1, 0.15) is 0 Å². The van der Waals surface area contributed by atoms with E-state index in [2.05, 4.69) is 48.8 Å². The molecule has 32 heavy (non-hydrogen) atoms. The molecule has 162 valence electrons. The van der Waals surface area contributed by atoms with Gasteiger partial charge in [-0.05, 0) is 55.0 Å². The molecule has 3 heterocycles. The summed E-state index contributed by atoms with van der Waals surface area (Å²) in [6.07, 6.45) is 8.66. The lowest BCUT2D eigenvalue weighted by Gasteiger charge is -2.18. The van der Waals surface area contributed by atoms with Crippen LogP contribution in [0, 0.1) is 0 Å². The van der Waals surface area contributed by atoms with E-state index in [-0.39, 0.29) is 6.42 Å². The third kappa shape index (κ3) is 4.33. The maximum atomic E-state index is 11.0. The van der Waals surface area contributed by atoms with Gasteiger partial charge < -0.3 is 5.11 Å². The molecule has 0 radical (unpaired) electrons. The van der Waals surface area contributed by atoms with Crippen LogP contribution in [0.1, 0.15) is 43.0 Å². The van der Waals surface area contributed by atoms with Crippen molar-refractivity contribution >= 4 is 17.6 Å².